The van der Waals surface area contributed by atoms with Gasteiger partial charge in [0.1, 0.15) is 5.75 Å². The summed E-state index contributed by atoms with van der Waals surface area (Å²) in [6, 6.07) is 5.83. The first kappa shape index (κ1) is 26.7. The molecule has 0 amide bonds. The quantitative estimate of drug-likeness (QED) is 0.219. The molecule has 0 aliphatic rings. The van der Waals surface area contributed by atoms with Crippen LogP contribution in [0.25, 0.3) is 0 Å². The second kappa shape index (κ2) is 12.3. The van der Waals surface area contributed by atoms with E-state index in [0.717, 1.165) is 6.26 Å². The molecule has 1 rings (SSSR count). The molecule has 0 unspecified atom stereocenters. The molecule has 0 aromatic heterocycles. The molecule has 1 aromatic rings. The number of nitrogens with zero attached hydrogens (tertiary/aromatic N) is 2. The van der Waals surface area contributed by atoms with E-state index in [1.165, 1.54) is 29.6 Å². The van der Waals surface area contributed by atoms with Gasteiger partial charge in [0.25, 0.3) is 0 Å². The van der Waals surface area contributed by atoms with Gasteiger partial charge in [-0.05, 0) is 12.5 Å². The number of ether oxygens (including phenoxy) is 1. The van der Waals surface area contributed by atoms with Gasteiger partial charge in [-0.3, -0.25) is 4.99 Å². The summed E-state index contributed by atoms with van der Waals surface area (Å²) in [5.74, 6) is 0.110. The van der Waals surface area contributed by atoms with Crippen molar-refractivity contribution in [1.82, 2.24) is 14.9 Å². The first-order chi connectivity index (χ1) is 12.6. The van der Waals surface area contributed by atoms with E-state index in [1.807, 2.05) is 0 Å². The molecular formula is C16H26F3IN4O3S. The number of hydrogen-bond acceptors (Lipinski definition) is 4. The summed E-state index contributed by atoms with van der Waals surface area (Å²) < 4.78 is 65.7. The third-order valence-corrected chi connectivity index (χ3v) is 4.95. The SMILES string of the molecule is CCN(CCCNC(=NC)NCc1ccccc1OC(F)(F)F)S(C)(=O)=O.I. The molecule has 0 saturated carbocycles. The first-order valence-corrected chi connectivity index (χ1v) is 10.1. The van der Waals surface area contributed by atoms with Gasteiger partial charge in [0, 0.05) is 38.8 Å². The molecule has 12 heteroatoms. The van der Waals surface area contributed by atoms with E-state index in [1.54, 1.807) is 13.0 Å². The van der Waals surface area contributed by atoms with Crippen LogP contribution in [0, 0.1) is 0 Å². The number of halogens is 4. The monoisotopic (exact) mass is 538 g/mol. The van der Waals surface area contributed by atoms with Crippen LogP contribution >= 0.6 is 24.0 Å². The lowest BCUT2D eigenvalue weighted by molar-refractivity contribution is -0.274. The van der Waals surface area contributed by atoms with Crippen molar-refractivity contribution in [2.45, 2.75) is 26.3 Å². The van der Waals surface area contributed by atoms with Gasteiger partial charge in [-0.1, -0.05) is 25.1 Å². The Morgan fingerprint density at radius 1 is 1.25 bits per heavy atom. The minimum atomic E-state index is -4.76. The normalized spacial score (nSPS) is 12.5. The highest BCUT2D eigenvalue weighted by Crippen LogP contribution is 2.25. The first-order valence-electron chi connectivity index (χ1n) is 8.30. The van der Waals surface area contributed by atoms with Crippen LogP contribution in [0.3, 0.4) is 0 Å². The van der Waals surface area contributed by atoms with E-state index < -0.39 is 16.4 Å². The lowest BCUT2D eigenvalue weighted by Gasteiger charge is -2.18. The molecule has 0 atom stereocenters. The lowest BCUT2D eigenvalue weighted by atomic mass is 10.2. The maximum atomic E-state index is 12.4. The largest absolute Gasteiger partial charge is 0.573 e. The number of aliphatic imine (C=N–C) groups is 1. The molecule has 0 spiro atoms. The number of alkyl halides is 3. The molecule has 1 aromatic carbocycles. The molecule has 162 valence electrons. The number of nitrogens with one attached hydrogen (secondary N) is 2. The number of guanidine groups is 1. The van der Waals surface area contributed by atoms with Crippen LogP contribution in [-0.4, -0.2) is 58.0 Å². The topological polar surface area (TPSA) is 83.0 Å². The second-order valence-corrected chi connectivity index (χ2v) is 7.60. The summed E-state index contributed by atoms with van der Waals surface area (Å²) in [6.07, 6.45) is -3.05. The summed E-state index contributed by atoms with van der Waals surface area (Å²) in [6.45, 7) is 3.04. The van der Waals surface area contributed by atoms with Crippen molar-refractivity contribution in [3.8, 4) is 5.75 Å². The zero-order valence-electron chi connectivity index (χ0n) is 15.9. The van der Waals surface area contributed by atoms with E-state index in [9.17, 15) is 21.6 Å². The standard InChI is InChI=1S/C16H25F3N4O3S.HI/c1-4-23(27(3,24)25)11-7-10-21-15(20-2)22-12-13-8-5-6-9-14(13)26-16(17,18)19;/h5-6,8-9H,4,7,10-12H2,1-3H3,(H2,20,21,22);1H. The van der Waals surface area contributed by atoms with E-state index in [2.05, 4.69) is 20.4 Å². The van der Waals surface area contributed by atoms with Crippen LogP contribution in [0.5, 0.6) is 5.75 Å². The number of benzene rings is 1. The fourth-order valence-corrected chi connectivity index (χ4v) is 3.22. The predicted octanol–water partition coefficient (Wildman–Crippen LogP) is 2.54. The molecule has 0 aliphatic carbocycles. The summed E-state index contributed by atoms with van der Waals surface area (Å²) in [5, 5.41) is 5.90. The van der Waals surface area contributed by atoms with Gasteiger partial charge in [-0.2, -0.15) is 0 Å². The van der Waals surface area contributed by atoms with Crippen molar-refractivity contribution in [2.75, 3.05) is 32.9 Å². The molecule has 2 N–H and O–H groups in total. The summed E-state index contributed by atoms with van der Waals surface area (Å²) >= 11 is 0. The highest BCUT2D eigenvalue weighted by atomic mass is 127. The predicted molar refractivity (Wildman–Crippen MR) is 113 cm³/mol. The Balaban J connectivity index is 0.00000729. The molecular weight excluding hydrogens is 512 g/mol. The van der Waals surface area contributed by atoms with Crippen LogP contribution in [0.2, 0.25) is 0 Å². The fourth-order valence-electron chi connectivity index (χ4n) is 2.29. The summed E-state index contributed by atoms with van der Waals surface area (Å²) in [7, 11) is -1.70. The molecule has 0 saturated heterocycles. The van der Waals surface area contributed by atoms with Crippen molar-refractivity contribution >= 4 is 40.0 Å². The zero-order chi connectivity index (χ0) is 20.5. The second-order valence-electron chi connectivity index (χ2n) is 5.62. The van der Waals surface area contributed by atoms with Crippen molar-refractivity contribution in [3.05, 3.63) is 29.8 Å². The summed E-state index contributed by atoms with van der Waals surface area (Å²) in [4.78, 5) is 3.99. The van der Waals surface area contributed by atoms with E-state index >= 15 is 0 Å². The van der Waals surface area contributed by atoms with Gasteiger partial charge >= 0.3 is 6.36 Å². The van der Waals surface area contributed by atoms with Crippen molar-refractivity contribution in [2.24, 2.45) is 4.99 Å². The summed E-state index contributed by atoms with van der Waals surface area (Å²) in [5.41, 5.74) is 0.326. The highest BCUT2D eigenvalue weighted by molar-refractivity contribution is 14.0. The third kappa shape index (κ3) is 10.3. The Bertz CT molecular complexity index is 730. The maximum Gasteiger partial charge on any atom is 0.573 e. The van der Waals surface area contributed by atoms with Gasteiger partial charge in [0.05, 0.1) is 6.26 Å². The van der Waals surface area contributed by atoms with Gasteiger partial charge in [0.15, 0.2) is 5.96 Å². The van der Waals surface area contributed by atoms with Gasteiger partial charge < -0.3 is 15.4 Å². The Morgan fingerprint density at radius 3 is 2.43 bits per heavy atom. The average Bonchev–Trinajstić information content (AvgIpc) is 2.56. The minimum absolute atomic E-state index is 0. The van der Waals surface area contributed by atoms with Crippen LogP contribution in [0.15, 0.2) is 29.3 Å². The number of para-hydroxylation sites is 1. The van der Waals surface area contributed by atoms with Crippen LogP contribution in [0.1, 0.15) is 18.9 Å². The molecule has 0 radical (unpaired) electrons. The highest BCUT2D eigenvalue weighted by Gasteiger charge is 2.31. The Hall–Kier alpha value is -1.28. The zero-order valence-corrected chi connectivity index (χ0v) is 19.1. The van der Waals surface area contributed by atoms with E-state index in [0.29, 0.717) is 37.6 Å². The van der Waals surface area contributed by atoms with E-state index in [4.69, 9.17) is 0 Å². The molecule has 7 nitrogen and oxygen atoms in total. The van der Waals surface area contributed by atoms with Gasteiger partial charge in [-0.15, -0.1) is 37.1 Å². The van der Waals surface area contributed by atoms with E-state index in [-0.39, 0.29) is 36.3 Å². The van der Waals surface area contributed by atoms with Crippen molar-refractivity contribution in [3.63, 3.8) is 0 Å². The van der Waals surface area contributed by atoms with Crippen LogP contribution < -0.4 is 15.4 Å². The van der Waals surface area contributed by atoms with Crippen LogP contribution in [-0.2, 0) is 16.6 Å². The number of sulfonamides is 1. The molecule has 0 bridgehead atoms. The fraction of sp³-hybridized carbons (Fsp3) is 0.562. The van der Waals surface area contributed by atoms with Gasteiger partial charge in [-0.25, -0.2) is 12.7 Å². The number of rotatable bonds is 9. The Kier molecular flexibility index (Phi) is 11.8. The smallest absolute Gasteiger partial charge is 0.405 e. The molecule has 0 aliphatic heterocycles. The average molecular weight is 538 g/mol. The Morgan fingerprint density at radius 2 is 1.89 bits per heavy atom. The lowest BCUT2D eigenvalue weighted by Crippen LogP contribution is -2.39. The molecule has 0 heterocycles. The van der Waals surface area contributed by atoms with Crippen molar-refractivity contribution < 1.29 is 26.3 Å². The number of hydrogen-bond donors (Lipinski definition) is 2. The maximum absolute atomic E-state index is 12.4. The third-order valence-electron chi connectivity index (χ3n) is 3.57. The minimum Gasteiger partial charge on any atom is -0.405 e. The Labute approximate surface area is 180 Å². The van der Waals surface area contributed by atoms with Crippen LogP contribution in [0.4, 0.5) is 13.2 Å². The molecule has 0 fully saturated rings. The van der Waals surface area contributed by atoms with Gasteiger partial charge in [0.2, 0.25) is 10.0 Å². The molecule has 28 heavy (non-hydrogen) atoms. The van der Waals surface area contributed by atoms with Crippen molar-refractivity contribution in [1.29, 1.82) is 0 Å².